The maximum Gasteiger partial charge on any atom is 0.214 e. The number of Topliss-reactive ketones (excluding diaryl/α,β-unsaturated/α-hetero) is 1. The summed E-state index contributed by atoms with van der Waals surface area (Å²) >= 11 is 1.24. The van der Waals surface area contributed by atoms with Crippen LogP contribution in [0.2, 0.25) is 0 Å². The number of carbonyl (C=O) groups is 1. The number of benzene rings is 1. The van der Waals surface area contributed by atoms with E-state index in [1.165, 1.54) is 28.6 Å². The Hall–Kier alpha value is -2.48. The highest BCUT2D eigenvalue weighted by molar-refractivity contribution is 7.99. The number of hydrogen-bond acceptors (Lipinski definition) is 5. The lowest BCUT2D eigenvalue weighted by molar-refractivity contribution is 0.102. The Bertz CT molecular complexity index is 947. The first kappa shape index (κ1) is 18.3. The molecule has 0 bridgehead atoms. The van der Waals surface area contributed by atoms with Crippen LogP contribution in [0.5, 0.6) is 0 Å². The molecule has 3 aromatic rings. The van der Waals surface area contributed by atoms with Gasteiger partial charge >= 0.3 is 0 Å². The van der Waals surface area contributed by atoms with Crippen molar-refractivity contribution >= 4 is 17.5 Å². The van der Waals surface area contributed by atoms with Crippen LogP contribution >= 0.6 is 11.8 Å². The molecule has 0 unspecified atom stereocenters. The summed E-state index contributed by atoms with van der Waals surface area (Å²) in [6.45, 7) is 8.15. The lowest BCUT2D eigenvalue weighted by atomic mass is 10.2. The van der Waals surface area contributed by atoms with E-state index in [-0.39, 0.29) is 17.4 Å². The van der Waals surface area contributed by atoms with Crippen molar-refractivity contribution in [2.24, 2.45) is 0 Å². The lowest BCUT2D eigenvalue weighted by Crippen LogP contribution is -2.09. The minimum atomic E-state index is -0.369. The number of aromatic nitrogens is 5. The first-order valence-electron chi connectivity index (χ1n) is 8.27. The molecule has 0 radical (unpaired) electrons. The molecule has 1 aromatic carbocycles. The molecule has 26 heavy (non-hydrogen) atoms. The van der Waals surface area contributed by atoms with E-state index < -0.39 is 0 Å². The van der Waals surface area contributed by atoms with E-state index in [0.29, 0.717) is 22.4 Å². The minimum absolute atomic E-state index is 0.0174. The van der Waals surface area contributed by atoms with Gasteiger partial charge in [0.2, 0.25) is 5.16 Å². The number of hydrogen-bond donors (Lipinski definition) is 0. The summed E-state index contributed by atoms with van der Waals surface area (Å²) in [5.41, 5.74) is 3.26. The van der Waals surface area contributed by atoms with Crippen molar-refractivity contribution in [1.29, 1.82) is 0 Å². The predicted octanol–water partition coefficient (Wildman–Crippen LogP) is 3.78. The number of thioether (sulfide) groups is 1. The van der Waals surface area contributed by atoms with Gasteiger partial charge in [0.1, 0.15) is 5.82 Å². The van der Waals surface area contributed by atoms with Crippen LogP contribution < -0.4 is 0 Å². The summed E-state index contributed by atoms with van der Waals surface area (Å²) in [7, 11) is 0. The normalized spacial score (nSPS) is 11.3. The topological polar surface area (TPSA) is 65.6 Å². The Morgan fingerprint density at radius 2 is 2.04 bits per heavy atom. The molecule has 0 N–H and O–H groups in total. The third-order valence-corrected chi connectivity index (χ3v) is 5.05. The quantitative estimate of drug-likeness (QED) is 0.486. The third kappa shape index (κ3) is 3.55. The van der Waals surface area contributed by atoms with E-state index in [0.717, 1.165) is 11.4 Å². The van der Waals surface area contributed by atoms with E-state index in [4.69, 9.17) is 0 Å². The van der Waals surface area contributed by atoms with Crippen LogP contribution in [0.15, 0.2) is 35.5 Å². The number of carbonyl (C=O) groups excluding carboxylic acids is 1. The number of ketones is 1. The molecule has 0 fully saturated rings. The Morgan fingerprint density at radius 1 is 1.27 bits per heavy atom. The van der Waals surface area contributed by atoms with E-state index in [1.807, 2.05) is 19.9 Å². The molecule has 0 spiro atoms. The SMILES string of the molecule is Cc1cc(C(=O)CSc2nnnn2-c2cccc(F)c2)c(C)n1C(C)C. The largest absolute Gasteiger partial charge is 0.346 e. The zero-order valence-electron chi connectivity index (χ0n) is 15.1. The van der Waals surface area contributed by atoms with E-state index in [2.05, 4.69) is 33.9 Å². The Kier molecular flexibility index (Phi) is 5.22. The van der Waals surface area contributed by atoms with Gasteiger partial charge < -0.3 is 4.57 Å². The van der Waals surface area contributed by atoms with Gasteiger partial charge in [-0.25, -0.2) is 4.39 Å². The van der Waals surface area contributed by atoms with Gasteiger partial charge in [-0.2, -0.15) is 4.68 Å². The maximum absolute atomic E-state index is 13.4. The molecule has 0 saturated carbocycles. The Balaban J connectivity index is 1.78. The second-order valence-corrected chi connectivity index (χ2v) is 7.26. The van der Waals surface area contributed by atoms with Crippen LogP contribution in [0.3, 0.4) is 0 Å². The molecule has 2 aromatic heterocycles. The standard InChI is InChI=1S/C18H20FN5OS/c1-11(2)23-12(3)8-16(13(23)4)17(25)10-26-18-20-21-22-24(18)15-7-5-6-14(19)9-15/h5-9,11H,10H2,1-4H3. The molecular formula is C18H20FN5OS. The first-order valence-corrected chi connectivity index (χ1v) is 9.25. The van der Waals surface area contributed by atoms with Crippen molar-refractivity contribution in [3.63, 3.8) is 0 Å². The van der Waals surface area contributed by atoms with Crippen LogP contribution in [-0.4, -0.2) is 36.3 Å². The van der Waals surface area contributed by atoms with E-state index in [1.54, 1.807) is 12.1 Å². The summed E-state index contributed by atoms with van der Waals surface area (Å²) in [6.07, 6.45) is 0. The molecule has 0 aliphatic heterocycles. The van der Waals surface area contributed by atoms with Gasteiger partial charge in [0.15, 0.2) is 5.78 Å². The molecule has 0 saturated heterocycles. The Labute approximate surface area is 155 Å². The van der Waals surface area contributed by atoms with Crippen molar-refractivity contribution in [1.82, 2.24) is 24.8 Å². The zero-order chi connectivity index (χ0) is 18.8. The second-order valence-electron chi connectivity index (χ2n) is 6.31. The number of tetrazole rings is 1. The first-order chi connectivity index (χ1) is 12.4. The molecule has 3 rings (SSSR count). The third-order valence-electron chi connectivity index (χ3n) is 4.13. The molecule has 136 valence electrons. The molecule has 0 amide bonds. The fourth-order valence-corrected chi connectivity index (χ4v) is 3.87. The molecule has 8 heteroatoms. The van der Waals surface area contributed by atoms with Crippen molar-refractivity contribution in [3.05, 3.63) is 53.1 Å². The van der Waals surface area contributed by atoms with Gasteiger partial charge in [0, 0.05) is 23.0 Å². The molecule has 0 aliphatic rings. The number of nitrogens with zero attached hydrogens (tertiary/aromatic N) is 5. The second kappa shape index (κ2) is 7.41. The van der Waals surface area contributed by atoms with Gasteiger partial charge in [-0.15, -0.1) is 5.10 Å². The zero-order valence-corrected chi connectivity index (χ0v) is 15.9. The molecule has 2 heterocycles. The highest BCUT2D eigenvalue weighted by Gasteiger charge is 2.19. The molecular weight excluding hydrogens is 353 g/mol. The van der Waals surface area contributed by atoms with Crippen molar-refractivity contribution in [3.8, 4) is 5.69 Å². The highest BCUT2D eigenvalue weighted by atomic mass is 32.2. The van der Waals surface area contributed by atoms with Crippen LogP contribution in [0.25, 0.3) is 5.69 Å². The van der Waals surface area contributed by atoms with Gasteiger partial charge in [-0.05, 0) is 62.4 Å². The van der Waals surface area contributed by atoms with Gasteiger partial charge in [0.25, 0.3) is 0 Å². The number of rotatable bonds is 6. The molecule has 0 atom stereocenters. The number of halogens is 1. The summed E-state index contributed by atoms with van der Waals surface area (Å²) < 4.78 is 17.0. The monoisotopic (exact) mass is 373 g/mol. The van der Waals surface area contributed by atoms with Crippen molar-refractivity contribution in [2.45, 2.75) is 38.9 Å². The highest BCUT2D eigenvalue weighted by Crippen LogP contribution is 2.24. The summed E-state index contributed by atoms with van der Waals surface area (Å²) in [6, 6.07) is 8.22. The summed E-state index contributed by atoms with van der Waals surface area (Å²) in [4.78, 5) is 12.7. The minimum Gasteiger partial charge on any atom is -0.346 e. The van der Waals surface area contributed by atoms with Crippen molar-refractivity contribution in [2.75, 3.05) is 5.75 Å². The lowest BCUT2D eigenvalue weighted by Gasteiger charge is -2.13. The summed E-state index contributed by atoms with van der Waals surface area (Å²) in [5, 5.41) is 11.9. The number of aryl methyl sites for hydroxylation is 1. The van der Waals surface area contributed by atoms with Gasteiger partial charge in [-0.1, -0.05) is 17.8 Å². The van der Waals surface area contributed by atoms with Crippen LogP contribution in [0, 0.1) is 19.7 Å². The average molecular weight is 373 g/mol. The van der Waals surface area contributed by atoms with E-state index >= 15 is 0 Å². The smallest absolute Gasteiger partial charge is 0.214 e. The predicted molar refractivity (Wildman–Crippen MR) is 98.5 cm³/mol. The Morgan fingerprint density at radius 3 is 2.69 bits per heavy atom. The van der Waals surface area contributed by atoms with Gasteiger partial charge in [0.05, 0.1) is 11.4 Å². The maximum atomic E-state index is 13.4. The van der Waals surface area contributed by atoms with Crippen LogP contribution in [-0.2, 0) is 0 Å². The van der Waals surface area contributed by atoms with Crippen LogP contribution in [0.1, 0.15) is 41.6 Å². The summed E-state index contributed by atoms with van der Waals surface area (Å²) in [5.74, 6) is -0.145. The van der Waals surface area contributed by atoms with Gasteiger partial charge in [-0.3, -0.25) is 4.79 Å². The van der Waals surface area contributed by atoms with Crippen LogP contribution in [0.4, 0.5) is 4.39 Å². The average Bonchev–Trinajstić information content (AvgIpc) is 3.16. The van der Waals surface area contributed by atoms with Crippen molar-refractivity contribution < 1.29 is 9.18 Å². The fourth-order valence-electron chi connectivity index (χ4n) is 3.10. The molecule has 0 aliphatic carbocycles. The molecule has 6 nitrogen and oxygen atoms in total. The fraction of sp³-hybridized carbons (Fsp3) is 0.333. The van der Waals surface area contributed by atoms with E-state index in [9.17, 15) is 9.18 Å².